The largest absolute Gasteiger partial charge is 0.508 e. The van der Waals surface area contributed by atoms with E-state index >= 15 is 0 Å². The summed E-state index contributed by atoms with van der Waals surface area (Å²) >= 11 is 3.41. The van der Waals surface area contributed by atoms with Crippen LogP contribution in [-0.2, 0) is 6.42 Å². The SMILES string of the molecule is O=C(NCCc1cccc(Br)c1)Nc1cccc(O)c1. The topological polar surface area (TPSA) is 61.4 Å². The summed E-state index contributed by atoms with van der Waals surface area (Å²) in [5.74, 6) is 0.122. The predicted molar refractivity (Wildman–Crippen MR) is 83.0 cm³/mol. The van der Waals surface area contributed by atoms with Crippen molar-refractivity contribution in [3.8, 4) is 5.75 Å². The van der Waals surface area contributed by atoms with Gasteiger partial charge < -0.3 is 15.7 Å². The summed E-state index contributed by atoms with van der Waals surface area (Å²) in [5.41, 5.74) is 1.71. The number of benzene rings is 2. The number of carbonyl (C=O) groups is 1. The summed E-state index contributed by atoms with van der Waals surface area (Å²) in [5, 5.41) is 14.7. The molecule has 0 radical (unpaired) electrons. The predicted octanol–water partition coefficient (Wildman–Crippen LogP) is 3.52. The van der Waals surface area contributed by atoms with Crippen LogP contribution in [0, 0.1) is 0 Å². The molecule has 20 heavy (non-hydrogen) atoms. The van der Waals surface area contributed by atoms with Crippen molar-refractivity contribution in [2.45, 2.75) is 6.42 Å². The van der Waals surface area contributed by atoms with E-state index in [9.17, 15) is 9.90 Å². The Morgan fingerprint density at radius 3 is 2.70 bits per heavy atom. The fourth-order valence-electron chi connectivity index (χ4n) is 1.77. The quantitative estimate of drug-likeness (QED) is 0.801. The number of hydrogen-bond donors (Lipinski definition) is 3. The van der Waals surface area contributed by atoms with Crippen LogP contribution in [0.5, 0.6) is 5.75 Å². The van der Waals surface area contributed by atoms with E-state index < -0.39 is 0 Å². The number of phenols is 1. The Bertz CT molecular complexity index is 602. The standard InChI is InChI=1S/C15H15BrN2O2/c16-12-4-1-3-11(9-12)7-8-17-15(20)18-13-5-2-6-14(19)10-13/h1-6,9-10,19H,7-8H2,(H2,17,18,20). The molecule has 2 amide bonds. The lowest BCUT2D eigenvalue weighted by Crippen LogP contribution is -2.30. The van der Waals surface area contributed by atoms with Crippen LogP contribution in [0.1, 0.15) is 5.56 Å². The minimum Gasteiger partial charge on any atom is -0.508 e. The summed E-state index contributed by atoms with van der Waals surface area (Å²) in [6, 6.07) is 14.1. The molecule has 0 bridgehead atoms. The number of carbonyl (C=O) groups excluding carboxylic acids is 1. The molecule has 0 aromatic heterocycles. The molecule has 104 valence electrons. The zero-order valence-electron chi connectivity index (χ0n) is 10.8. The van der Waals surface area contributed by atoms with Gasteiger partial charge in [0.1, 0.15) is 5.75 Å². The van der Waals surface area contributed by atoms with Crippen LogP contribution in [0.15, 0.2) is 53.0 Å². The van der Waals surface area contributed by atoms with Crippen LogP contribution in [0.4, 0.5) is 10.5 Å². The normalized spacial score (nSPS) is 10.1. The number of urea groups is 1. The third-order valence-electron chi connectivity index (χ3n) is 2.69. The summed E-state index contributed by atoms with van der Waals surface area (Å²) in [6.45, 7) is 0.543. The Morgan fingerprint density at radius 1 is 1.15 bits per heavy atom. The van der Waals surface area contributed by atoms with Crippen molar-refractivity contribution in [1.82, 2.24) is 5.32 Å². The highest BCUT2D eigenvalue weighted by atomic mass is 79.9. The summed E-state index contributed by atoms with van der Waals surface area (Å²) in [6.07, 6.45) is 0.757. The molecular formula is C15H15BrN2O2. The van der Waals surface area contributed by atoms with Crippen molar-refractivity contribution in [2.24, 2.45) is 0 Å². The summed E-state index contributed by atoms with van der Waals surface area (Å²) in [4.78, 5) is 11.7. The Labute approximate surface area is 126 Å². The number of halogens is 1. The first kappa shape index (κ1) is 14.4. The van der Waals surface area contributed by atoms with Crippen molar-refractivity contribution in [2.75, 3.05) is 11.9 Å². The zero-order chi connectivity index (χ0) is 14.4. The molecule has 0 aliphatic heterocycles. The van der Waals surface area contributed by atoms with Crippen molar-refractivity contribution < 1.29 is 9.90 Å². The van der Waals surface area contributed by atoms with Crippen LogP contribution in [0.2, 0.25) is 0 Å². The van der Waals surface area contributed by atoms with Crippen molar-refractivity contribution in [3.05, 3.63) is 58.6 Å². The molecule has 2 aromatic rings. The molecule has 3 N–H and O–H groups in total. The molecular weight excluding hydrogens is 320 g/mol. The van der Waals surface area contributed by atoms with Crippen LogP contribution in [0.3, 0.4) is 0 Å². The third-order valence-corrected chi connectivity index (χ3v) is 3.19. The number of rotatable bonds is 4. The van der Waals surface area contributed by atoms with Crippen molar-refractivity contribution in [1.29, 1.82) is 0 Å². The average molecular weight is 335 g/mol. The van der Waals surface area contributed by atoms with Crippen LogP contribution >= 0.6 is 15.9 Å². The molecule has 0 heterocycles. The van der Waals surface area contributed by atoms with Gasteiger partial charge in [-0.3, -0.25) is 0 Å². The molecule has 0 aliphatic rings. The third kappa shape index (κ3) is 4.59. The van der Waals surface area contributed by atoms with Gasteiger partial charge in [0, 0.05) is 22.8 Å². The molecule has 0 fully saturated rings. The smallest absolute Gasteiger partial charge is 0.319 e. The fourth-order valence-corrected chi connectivity index (χ4v) is 2.22. The maximum Gasteiger partial charge on any atom is 0.319 e. The fraction of sp³-hybridized carbons (Fsp3) is 0.133. The molecule has 2 aromatic carbocycles. The number of aromatic hydroxyl groups is 1. The Kier molecular flexibility index (Phi) is 5.01. The number of amides is 2. The molecule has 0 spiro atoms. The van der Waals surface area contributed by atoms with Gasteiger partial charge in [0.15, 0.2) is 0 Å². The first-order valence-electron chi connectivity index (χ1n) is 6.22. The second-order valence-corrected chi connectivity index (χ2v) is 5.23. The van der Waals surface area contributed by atoms with Gasteiger partial charge in [-0.05, 0) is 36.2 Å². The molecule has 0 saturated heterocycles. The Balaban J connectivity index is 1.78. The van der Waals surface area contributed by atoms with Crippen molar-refractivity contribution in [3.63, 3.8) is 0 Å². The molecule has 4 nitrogen and oxygen atoms in total. The maximum atomic E-state index is 11.7. The number of anilines is 1. The van der Waals surface area contributed by atoms with E-state index in [1.807, 2.05) is 24.3 Å². The highest BCUT2D eigenvalue weighted by Crippen LogP contribution is 2.15. The van der Waals surface area contributed by atoms with Gasteiger partial charge >= 0.3 is 6.03 Å². The van der Waals surface area contributed by atoms with Crippen LogP contribution in [0.25, 0.3) is 0 Å². The Morgan fingerprint density at radius 2 is 1.95 bits per heavy atom. The van der Waals surface area contributed by atoms with Crippen molar-refractivity contribution >= 4 is 27.6 Å². The Hall–Kier alpha value is -2.01. The molecule has 0 saturated carbocycles. The van der Waals surface area contributed by atoms with Crippen LogP contribution < -0.4 is 10.6 Å². The molecule has 2 rings (SSSR count). The van der Waals surface area contributed by atoms with Crippen LogP contribution in [-0.4, -0.2) is 17.7 Å². The van der Waals surface area contributed by atoms with E-state index in [0.29, 0.717) is 12.2 Å². The minimum absolute atomic E-state index is 0.122. The zero-order valence-corrected chi connectivity index (χ0v) is 12.4. The van der Waals surface area contributed by atoms with Gasteiger partial charge in [-0.15, -0.1) is 0 Å². The molecule has 0 atom stereocenters. The average Bonchev–Trinajstić information content (AvgIpc) is 2.38. The van der Waals surface area contributed by atoms with E-state index in [0.717, 1.165) is 16.5 Å². The van der Waals surface area contributed by atoms with E-state index in [1.54, 1.807) is 18.2 Å². The summed E-state index contributed by atoms with van der Waals surface area (Å²) in [7, 11) is 0. The maximum absolute atomic E-state index is 11.7. The van der Waals surface area contributed by atoms with Gasteiger partial charge in [-0.2, -0.15) is 0 Å². The first-order chi connectivity index (χ1) is 9.63. The highest BCUT2D eigenvalue weighted by molar-refractivity contribution is 9.10. The summed E-state index contributed by atoms with van der Waals surface area (Å²) < 4.78 is 1.03. The van der Waals surface area contributed by atoms with Gasteiger partial charge in [0.2, 0.25) is 0 Å². The molecule has 0 aliphatic carbocycles. The first-order valence-corrected chi connectivity index (χ1v) is 7.01. The molecule has 0 unspecified atom stereocenters. The van der Waals surface area contributed by atoms with Gasteiger partial charge in [0.05, 0.1) is 0 Å². The lowest BCUT2D eigenvalue weighted by Gasteiger charge is -2.08. The number of hydrogen-bond acceptors (Lipinski definition) is 2. The van der Waals surface area contributed by atoms with Gasteiger partial charge in [-0.25, -0.2) is 4.79 Å². The number of nitrogens with one attached hydrogen (secondary N) is 2. The number of phenolic OH excluding ortho intramolecular Hbond substituents is 1. The second kappa shape index (κ2) is 6.96. The minimum atomic E-state index is -0.286. The van der Waals surface area contributed by atoms with Gasteiger partial charge in [0.25, 0.3) is 0 Å². The van der Waals surface area contributed by atoms with Gasteiger partial charge in [-0.1, -0.05) is 34.1 Å². The highest BCUT2D eigenvalue weighted by Gasteiger charge is 2.02. The lowest BCUT2D eigenvalue weighted by molar-refractivity contribution is 0.252. The lowest BCUT2D eigenvalue weighted by atomic mass is 10.1. The van der Waals surface area contributed by atoms with E-state index in [4.69, 9.17) is 0 Å². The molecule has 5 heteroatoms. The second-order valence-electron chi connectivity index (χ2n) is 4.31. The van der Waals surface area contributed by atoms with E-state index in [1.165, 1.54) is 6.07 Å². The van der Waals surface area contributed by atoms with E-state index in [2.05, 4.69) is 26.6 Å². The monoisotopic (exact) mass is 334 g/mol. The van der Waals surface area contributed by atoms with E-state index in [-0.39, 0.29) is 11.8 Å².